The van der Waals surface area contributed by atoms with Crippen LogP contribution in [-0.4, -0.2) is 10.9 Å². The maximum absolute atomic E-state index is 14.7. The average Bonchev–Trinajstić information content (AvgIpc) is 2.91. The van der Waals surface area contributed by atoms with Crippen molar-refractivity contribution >= 4 is 5.91 Å². The normalized spacial score (nSPS) is 13.8. The summed E-state index contributed by atoms with van der Waals surface area (Å²) < 4.78 is 150. The van der Waals surface area contributed by atoms with E-state index in [0.29, 0.717) is 36.5 Å². The van der Waals surface area contributed by atoms with Crippen LogP contribution < -0.4 is 5.32 Å². The SMILES string of the molecule is O=C(NC(Cc1ccccc1)(c1cc(F)cc(C(F)(F)F)c1)c1ccc(C(F)(F)F)cn1)c1ccc(F)c(C(F)(F)F)c1. The van der Waals surface area contributed by atoms with E-state index >= 15 is 0 Å². The first-order chi connectivity index (χ1) is 19.9. The number of nitrogens with zero attached hydrogens (tertiary/aromatic N) is 1. The lowest BCUT2D eigenvalue weighted by Gasteiger charge is -2.36. The van der Waals surface area contributed by atoms with Crippen LogP contribution in [0.25, 0.3) is 0 Å². The fourth-order valence-electron chi connectivity index (χ4n) is 4.39. The Morgan fingerprint density at radius 1 is 0.674 bits per heavy atom. The van der Waals surface area contributed by atoms with Crippen molar-refractivity contribution in [1.29, 1.82) is 0 Å². The summed E-state index contributed by atoms with van der Waals surface area (Å²) >= 11 is 0. The van der Waals surface area contributed by atoms with Crippen LogP contribution in [0.5, 0.6) is 0 Å². The number of halogens is 11. The topological polar surface area (TPSA) is 42.0 Å². The molecule has 1 N–H and O–H groups in total. The van der Waals surface area contributed by atoms with Crippen LogP contribution >= 0.6 is 0 Å². The molecule has 1 atom stereocenters. The number of amides is 1. The first-order valence-electron chi connectivity index (χ1n) is 12.1. The highest BCUT2D eigenvalue weighted by atomic mass is 19.4. The number of carbonyl (C=O) groups excluding carboxylic acids is 1. The molecular formula is C29H17F11N2O. The largest absolute Gasteiger partial charge is 0.419 e. The molecule has 0 aliphatic carbocycles. The summed E-state index contributed by atoms with van der Waals surface area (Å²) in [5, 5.41) is 2.28. The molecule has 0 aliphatic heterocycles. The number of rotatable bonds is 6. The summed E-state index contributed by atoms with van der Waals surface area (Å²) in [7, 11) is 0. The summed E-state index contributed by atoms with van der Waals surface area (Å²) in [5.74, 6) is -4.56. The molecule has 1 aromatic heterocycles. The van der Waals surface area contributed by atoms with Gasteiger partial charge in [-0.1, -0.05) is 30.3 Å². The Bertz CT molecular complexity index is 1610. The fourth-order valence-corrected chi connectivity index (χ4v) is 4.39. The van der Waals surface area contributed by atoms with E-state index in [1.807, 2.05) is 0 Å². The minimum absolute atomic E-state index is 0.147. The van der Waals surface area contributed by atoms with Gasteiger partial charge in [0.1, 0.15) is 17.2 Å². The highest BCUT2D eigenvalue weighted by Crippen LogP contribution is 2.39. The highest BCUT2D eigenvalue weighted by Gasteiger charge is 2.42. The Morgan fingerprint density at radius 2 is 1.30 bits per heavy atom. The van der Waals surface area contributed by atoms with Crippen LogP contribution in [0.4, 0.5) is 48.3 Å². The number of hydrogen-bond acceptors (Lipinski definition) is 2. The summed E-state index contributed by atoms with van der Waals surface area (Å²) in [6.45, 7) is 0. The molecular weight excluding hydrogens is 601 g/mol. The van der Waals surface area contributed by atoms with Crippen LogP contribution in [0.1, 0.15) is 43.9 Å². The third-order valence-electron chi connectivity index (χ3n) is 6.42. The molecule has 1 unspecified atom stereocenters. The maximum atomic E-state index is 14.7. The lowest BCUT2D eigenvalue weighted by Crippen LogP contribution is -2.49. The Labute approximate surface area is 236 Å². The lowest BCUT2D eigenvalue weighted by atomic mass is 9.79. The summed E-state index contributed by atoms with van der Waals surface area (Å²) in [5.41, 5.74) is -8.69. The Kier molecular flexibility index (Phi) is 8.27. The highest BCUT2D eigenvalue weighted by molar-refractivity contribution is 5.95. The smallest absolute Gasteiger partial charge is 0.337 e. The van der Waals surface area contributed by atoms with Gasteiger partial charge in [0, 0.05) is 18.2 Å². The van der Waals surface area contributed by atoms with E-state index in [-0.39, 0.29) is 17.7 Å². The minimum atomic E-state index is -5.24. The molecule has 4 rings (SSSR count). The van der Waals surface area contributed by atoms with Gasteiger partial charge in [-0.3, -0.25) is 9.78 Å². The van der Waals surface area contributed by atoms with E-state index in [9.17, 15) is 53.1 Å². The first-order valence-corrected chi connectivity index (χ1v) is 12.1. The zero-order valence-electron chi connectivity index (χ0n) is 21.3. The number of aromatic nitrogens is 1. The molecule has 4 aromatic rings. The molecule has 43 heavy (non-hydrogen) atoms. The second kappa shape index (κ2) is 11.3. The van der Waals surface area contributed by atoms with Crippen LogP contribution in [0.2, 0.25) is 0 Å². The van der Waals surface area contributed by atoms with Gasteiger partial charge in [0.2, 0.25) is 0 Å². The molecule has 1 amide bonds. The third-order valence-corrected chi connectivity index (χ3v) is 6.42. The number of alkyl halides is 9. The van der Waals surface area contributed by atoms with Crippen molar-refractivity contribution in [3.8, 4) is 0 Å². The van der Waals surface area contributed by atoms with Crippen molar-refractivity contribution in [3.05, 3.63) is 136 Å². The number of pyridine rings is 1. The van der Waals surface area contributed by atoms with Crippen molar-refractivity contribution in [2.75, 3.05) is 0 Å². The molecule has 3 aromatic carbocycles. The molecule has 226 valence electrons. The molecule has 3 nitrogen and oxygen atoms in total. The first kappa shape index (κ1) is 31.4. The van der Waals surface area contributed by atoms with Gasteiger partial charge >= 0.3 is 18.5 Å². The number of benzene rings is 3. The third kappa shape index (κ3) is 6.95. The van der Waals surface area contributed by atoms with Crippen LogP contribution in [0.3, 0.4) is 0 Å². The van der Waals surface area contributed by atoms with Gasteiger partial charge in [-0.05, 0) is 59.7 Å². The second-order valence-corrected chi connectivity index (χ2v) is 9.37. The molecule has 1 heterocycles. The van der Waals surface area contributed by atoms with Gasteiger partial charge in [-0.15, -0.1) is 0 Å². The second-order valence-electron chi connectivity index (χ2n) is 9.37. The molecule has 0 radical (unpaired) electrons. The van der Waals surface area contributed by atoms with Crippen molar-refractivity contribution in [2.24, 2.45) is 0 Å². The molecule has 0 saturated heterocycles. The van der Waals surface area contributed by atoms with Crippen molar-refractivity contribution in [1.82, 2.24) is 10.3 Å². The van der Waals surface area contributed by atoms with Crippen LogP contribution in [-0.2, 0) is 30.5 Å². The van der Waals surface area contributed by atoms with E-state index in [0.717, 1.165) is 6.07 Å². The van der Waals surface area contributed by atoms with Crippen LogP contribution in [0, 0.1) is 11.6 Å². The van der Waals surface area contributed by atoms with Crippen molar-refractivity contribution < 1.29 is 53.1 Å². The minimum Gasteiger partial charge on any atom is -0.337 e. The summed E-state index contributed by atoms with van der Waals surface area (Å²) in [6, 6.07) is 11.0. The monoisotopic (exact) mass is 618 g/mol. The van der Waals surface area contributed by atoms with Gasteiger partial charge in [0.25, 0.3) is 5.91 Å². The van der Waals surface area contributed by atoms with E-state index in [2.05, 4.69) is 10.3 Å². The van der Waals surface area contributed by atoms with Crippen molar-refractivity contribution in [2.45, 2.75) is 30.5 Å². The fraction of sp³-hybridized carbons (Fsp3) is 0.172. The van der Waals surface area contributed by atoms with Gasteiger partial charge in [0.15, 0.2) is 0 Å². The molecule has 0 fully saturated rings. The molecule has 14 heteroatoms. The molecule has 0 aliphatic rings. The predicted octanol–water partition coefficient (Wildman–Crippen LogP) is 8.33. The van der Waals surface area contributed by atoms with Gasteiger partial charge in [0.05, 0.1) is 22.4 Å². The predicted molar refractivity (Wildman–Crippen MR) is 130 cm³/mol. The summed E-state index contributed by atoms with van der Waals surface area (Å²) in [4.78, 5) is 17.2. The summed E-state index contributed by atoms with van der Waals surface area (Å²) in [6.07, 6.45) is -15.5. The zero-order chi connectivity index (χ0) is 31.8. The average molecular weight is 618 g/mol. The number of nitrogens with one attached hydrogen (secondary N) is 1. The number of carbonyl (C=O) groups is 1. The molecule has 0 saturated carbocycles. The van der Waals surface area contributed by atoms with E-state index < -0.39 is 81.5 Å². The van der Waals surface area contributed by atoms with E-state index in [1.54, 1.807) is 6.07 Å². The molecule has 0 bridgehead atoms. The number of hydrogen-bond donors (Lipinski definition) is 1. The quantitative estimate of drug-likeness (QED) is 0.221. The zero-order valence-corrected chi connectivity index (χ0v) is 21.3. The van der Waals surface area contributed by atoms with Crippen LogP contribution in [0.15, 0.2) is 85.1 Å². The van der Waals surface area contributed by atoms with Crippen molar-refractivity contribution in [3.63, 3.8) is 0 Å². The Balaban J connectivity index is 2.00. The Morgan fingerprint density at radius 3 is 1.86 bits per heavy atom. The van der Waals surface area contributed by atoms with Gasteiger partial charge in [-0.25, -0.2) is 8.78 Å². The molecule has 0 spiro atoms. The Hall–Kier alpha value is -4.49. The maximum Gasteiger partial charge on any atom is 0.419 e. The van der Waals surface area contributed by atoms with Gasteiger partial charge in [-0.2, -0.15) is 39.5 Å². The lowest BCUT2D eigenvalue weighted by molar-refractivity contribution is -0.140. The standard InChI is InChI=1S/C29H17F11N2O/c30-21-12-19(11-20(13-21)28(35,36)37)26(14-16-4-2-1-3-5-16,24-9-7-18(15-41-24)27(32,33)34)42-25(43)17-6-8-23(31)22(10-17)29(38,39)40/h1-13,15H,14H2,(H,42,43). The van der Waals surface area contributed by atoms with E-state index in [4.69, 9.17) is 0 Å². The van der Waals surface area contributed by atoms with E-state index in [1.165, 1.54) is 24.3 Å². The van der Waals surface area contributed by atoms with Gasteiger partial charge < -0.3 is 5.32 Å².